The summed E-state index contributed by atoms with van der Waals surface area (Å²) < 4.78 is 6.70. The Balaban J connectivity index is 2.25. The molecule has 0 aliphatic heterocycles. The van der Waals surface area contributed by atoms with E-state index >= 15 is 0 Å². The molecule has 0 atom stereocenters. The highest BCUT2D eigenvalue weighted by atomic mass is 16.6. The van der Waals surface area contributed by atoms with Crippen LogP contribution in [0.4, 0.5) is 0 Å². The lowest BCUT2D eigenvalue weighted by Crippen LogP contribution is -2.23. The number of rotatable bonds is 3. The Morgan fingerprint density at radius 1 is 1.19 bits per heavy atom. The molecular weight excluding hydrogens is 272 g/mol. The molecule has 0 saturated carbocycles. The Kier molecular flexibility index (Phi) is 3.80. The van der Waals surface area contributed by atoms with E-state index in [1.165, 1.54) is 17.1 Å². The second kappa shape index (κ2) is 5.40. The number of nitrogens with zero attached hydrogens (tertiary/aromatic N) is 2. The lowest BCUT2D eigenvalue weighted by Gasteiger charge is -2.19. The Labute approximate surface area is 122 Å². The van der Waals surface area contributed by atoms with Crippen LogP contribution < -0.4 is 0 Å². The number of hydrogen-bond acceptors (Lipinski definition) is 4. The van der Waals surface area contributed by atoms with Gasteiger partial charge in [-0.3, -0.25) is 4.57 Å². The summed E-state index contributed by atoms with van der Waals surface area (Å²) in [6.45, 7) is 5.39. The number of aromatic carboxylic acids is 1. The number of hydrogen-bond donors (Lipinski definition) is 1. The molecule has 0 radical (unpaired) electrons. The lowest BCUT2D eigenvalue weighted by molar-refractivity contribution is 0.00693. The van der Waals surface area contributed by atoms with Gasteiger partial charge in [-0.15, -0.1) is 0 Å². The molecule has 110 valence electrons. The van der Waals surface area contributed by atoms with E-state index in [2.05, 4.69) is 4.98 Å². The van der Waals surface area contributed by atoms with Gasteiger partial charge in [-0.25, -0.2) is 14.6 Å². The van der Waals surface area contributed by atoms with Gasteiger partial charge in [-0.2, -0.15) is 0 Å². The molecule has 0 aliphatic rings. The second-order valence-corrected chi connectivity index (χ2v) is 5.50. The van der Waals surface area contributed by atoms with Gasteiger partial charge in [0.15, 0.2) is 5.69 Å². The monoisotopic (exact) mass is 288 g/mol. The molecule has 0 amide bonds. The van der Waals surface area contributed by atoms with Crippen LogP contribution in [0.3, 0.4) is 0 Å². The highest BCUT2D eigenvalue weighted by Crippen LogP contribution is 2.16. The third kappa shape index (κ3) is 3.47. The van der Waals surface area contributed by atoms with Crippen LogP contribution in [0.1, 0.15) is 41.6 Å². The number of ether oxygens (including phenoxy) is 1. The summed E-state index contributed by atoms with van der Waals surface area (Å²) in [5, 5.41) is 9.05. The van der Waals surface area contributed by atoms with Crippen LogP contribution in [-0.4, -0.2) is 32.2 Å². The maximum atomic E-state index is 11.9. The molecule has 1 aromatic heterocycles. The molecule has 2 rings (SSSR count). The van der Waals surface area contributed by atoms with Gasteiger partial charge < -0.3 is 9.84 Å². The number of carboxylic acid groups (broad SMARTS) is 1. The van der Waals surface area contributed by atoms with Crippen molar-refractivity contribution in [2.75, 3.05) is 0 Å². The van der Waals surface area contributed by atoms with E-state index in [1.807, 2.05) is 0 Å². The van der Waals surface area contributed by atoms with Crippen LogP contribution in [0.5, 0.6) is 0 Å². The van der Waals surface area contributed by atoms with Gasteiger partial charge in [0.1, 0.15) is 5.60 Å². The summed E-state index contributed by atoms with van der Waals surface area (Å²) in [5.74, 6) is -1.48. The molecule has 1 N–H and O–H groups in total. The smallest absolute Gasteiger partial charge is 0.354 e. The van der Waals surface area contributed by atoms with Crippen LogP contribution in [-0.2, 0) is 4.74 Å². The maximum absolute atomic E-state index is 11.9. The van der Waals surface area contributed by atoms with Crippen molar-refractivity contribution in [1.29, 1.82) is 0 Å². The van der Waals surface area contributed by atoms with Crippen LogP contribution in [0.15, 0.2) is 36.8 Å². The predicted molar refractivity (Wildman–Crippen MR) is 75.7 cm³/mol. The first kappa shape index (κ1) is 14.8. The van der Waals surface area contributed by atoms with Crippen LogP contribution in [0.2, 0.25) is 0 Å². The SMILES string of the molecule is CC(C)(C)OC(=O)c1ccc(-n2cncc2C(=O)O)cc1. The van der Waals surface area contributed by atoms with E-state index in [1.54, 1.807) is 45.0 Å². The number of aromatic nitrogens is 2. The molecule has 0 aliphatic carbocycles. The van der Waals surface area contributed by atoms with Crippen LogP contribution in [0, 0.1) is 0 Å². The van der Waals surface area contributed by atoms with Gasteiger partial charge in [-0.1, -0.05) is 0 Å². The van der Waals surface area contributed by atoms with Gasteiger partial charge in [0.2, 0.25) is 0 Å². The quantitative estimate of drug-likeness (QED) is 0.878. The summed E-state index contributed by atoms with van der Waals surface area (Å²) >= 11 is 0. The number of carboxylic acids is 1. The fourth-order valence-electron chi connectivity index (χ4n) is 1.75. The molecule has 1 heterocycles. The summed E-state index contributed by atoms with van der Waals surface area (Å²) in [6.07, 6.45) is 2.68. The molecule has 0 fully saturated rings. The Hall–Kier alpha value is -2.63. The third-order valence-corrected chi connectivity index (χ3v) is 2.64. The molecule has 0 saturated heterocycles. The minimum atomic E-state index is -1.07. The molecule has 0 bridgehead atoms. The molecule has 6 nitrogen and oxygen atoms in total. The Morgan fingerprint density at radius 3 is 2.33 bits per heavy atom. The van der Waals surface area contributed by atoms with E-state index in [0.29, 0.717) is 11.3 Å². The average Bonchev–Trinajstić information content (AvgIpc) is 2.86. The third-order valence-electron chi connectivity index (χ3n) is 2.64. The van der Waals surface area contributed by atoms with E-state index < -0.39 is 17.5 Å². The van der Waals surface area contributed by atoms with Crippen molar-refractivity contribution in [3.63, 3.8) is 0 Å². The first-order valence-electron chi connectivity index (χ1n) is 6.37. The van der Waals surface area contributed by atoms with Gasteiger partial charge in [0.25, 0.3) is 0 Å². The van der Waals surface area contributed by atoms with E-state index in [0.717, 1.165) is 0 Å². The molecule has 6 heteroatoms. The van der Waals surface area contributed by atoms with Crippen molar-refractivity contribution < 1.29 is 19.4 Å². The maximum Gasteiger partial charge on any atom is 0.354 e. The van der Waals surface area contributed by atoms with Crippen LogP contribution >= 0.6 is 0 Å². The normalized spacial score (nSPS) is 11.2. The molecular formula is C15H16N2O4. The molecule has 0 spiro atoms. The topological polar surface area (TPSA) is 81.4 Å². The standard InChI is InChI=1S/C15H16N2O4/c1-15(2,3)21-14(20)10-4-6-11(7-5-10)17-9-16-8-12(17)13(18)19/h4-9H,1-3H3,(H,18,19). The van der Waals surface area contributed by atoms with E-state index in [-0.39, 0.29) is 5.69 Å². The summed E-state index contributed by atoms with van der Waals surface area (Å²) in [4.78, 5) is 26.8. The first-order chi connectivity index (χ1) is 9.78. The first-order valence-corrected chi connectivity index (χ1v) is 6.37. The number of carbonyl (C=O) groups excluding carboxylic acids is 1. The van der Waals surface area contributed by atoms with Crippen molar-refractivity contribution >= 4 is 11.9 Å². The van der Waals surface area contributed by atoms with Crippen molar-refractivity contribution in [2.24, 2.45) is 0 Å². The highest BCUT2D eigenvalue weighted by molar-refractivity contribution is 5.90. The fraction of sp³-hybridized carbons (Fsp3) is 0.267. The lowest BCUT2D eigenvalue weighted by atomic mass is 10.1. The van der Waals surface area contributed by atoms with Gasteiger partial charge in [0, 0.05) is 5.69 Å². The molecule has 1 aromatic carbocycles. The number of esters is 1. The van der Waals surface area contributed by atoms with Crippen molar-refractivity contribution in [2.45, 2.75) is 26.4 Å². The Bertz CT molecular complexity index is 666. The number of benzene rings is 1. The van der Waals surface area contributed by atoms with Crippen molar-refractivity contribution in [3.8, 4) is 5.69 Å². The summed E-state index contributed by atoms with van der Waals surface area (Å²) in [6, 6.07) is 6.48. The molecule has 0 unspecified atom stereocenters. The fourth-order valence-corrected chi connectivity index (χ4v) is 1.75. The van der Waals surface area contributed by atoms with Gasteiger partial charge in [-0.05, 0) is 45.0 Å². The second-order valence-electron chi connectivity index (χ2n) is 5.50. The predicted octanol–water partition coefficient (Wildman–Crippen LogP) is 2.53. The Morgan fingerprint density at radius 2 is 1.81 bits per heavy atom. The van der Waals surface area contributed by atoms with Gasteiger partial charge >= 0.3 is 11.9 Å². The number of carbonyl (C=O) groups is 2. The minimum absolute atomic E-state index is 0.0556. The summed E-state index contributed by atoms with van der Waals surface area (Å²) in [7, 11) is 0. The zero-order valence-corrected chi connectivity index (χ0v) is 12.0. The van der Waals surface area contributed by atoms with E-state index in [9.17, 15) is 9.59 Å². The minimum Gasteiger partial charge on any atom is -0.477 e. The van der Waals surface area contributed by atoms with Crippen molar-refractivity contribution in [1.82, 2.24) is 9.55 Å². The van der Waals surface area contributed by atoms with E-state index in [4.69, 9.17) is 9.84 Å². The van der Waals surface area contributed by atoms with Gasteiger partial charge in [0.05, 0.1) is 18.1 Å². The summed E-state index contributed by atoms with van der Waals surface area (Å²) in [5.41, 5.74) is 0.513. The van der Waals surface area contributed by atoms with Crippen molar-refractivity contribution in [3.05, 3.63) is 48.0 Å². The molecule has 2 aromatic rings. The van der Waals surface area contributed by atoms with Crippen LogP contribution in [0.25, 0.3) is 5.69 Å². The number of imidazole rings is 1. The highest BCUT2D eigenvalue weighted by Gasteiger charge is 2.18. The largest absolute Gasteiger partial charge is 0.477 e. The zero-order valence-electron chi connectivity index (χ0n) is 12.0. The average molecular weight is 288 g/mol. The molecule has 21 heavy (non-hydrogen) atoms. The zero-order chi connectivity index (χ0) is 15.6.